The molecule has 4 rings (SSSR count). The van der Waals surface area contributed by atoms with Crippen molar-refractivity contribution in [2.45, 2.75) is 39.5 Å². The number of nitrogens with zero attached hydrogens (tertiary/aromatic N) is 1. The molecule has 0 unspecified atom stereocenters. The molecule has 162 valence electrons. The van der Waals surface area contributed by atoms with Gasteiger partial charge < -0.3 is 5.32 Å². The van der Waals surface area contributed by atoms with Crippen LogP contribution >= 0.6 is 11.8 Å². The lowest BCUT2D eigenvalue weighted by atomic mass is 10.1. The fourth-order valence-corrected chi connectivity index (χ4v) is 4.77. The van der Waals surface area contributed by atoms with Gasteiger partial charge in [0, 0.05) is 10.6 Å². The molecule has 3 aromatic rings. The predicted octanol–water partition coefficient (Wildman–Crippen LogP) is 6.22. The van der Waals surface area contributed by atoms with Crippen molar-refractivity contribution in [1.82, 2.24) is 0 Å². The molecule has 32 heavy (non-hydrogen) atoms. The van der Waals surface area contributed by atoms with Gasteiger partial charge >= 0.3 is 0 Å². The third-order valence-electron chi connectivity index (χ3n) is 5.39. The molecule has 2 amide bonds. The Morgan fingerprint density at radius 2 is 1.31 bits per heavy atom. The van der Waals surface area contributed by atoms with E-state index in [4.69, 9.17) is 0 Å². The standard InChI is InChI=1S/C27H26N2O2S/c1-16-6-9-22(10-7-16)32-25-24(28-23-11-8-17(2)13-20(23)5)26(30)29(27(25)31)21-14-18(3)12-19(4)15-21/h6-15,28H,1-5H3. The average Bonchev–Trinajstić information content (AvgIpc) is 2.94. The van der Waals surface area contributed by atoms with E-state index in [1.54, 1.807) is 0 Å². The Hall–Kier alpha value is -3.31. The first-order valence-corrected chi connectivity index (χ1v) is 11.3. The zero-order chi connectivity index (χ0) is 23.0. The first-order chi connectivity index (χ1) is 15.2. The number of benzene rings is 3. The van der Waals surface area contributed by atoms with E-state index in [0.717, 1.165) is 38.4 Å². The van der Waals surface area contributed by atoms with Crippen LogP contribution < -0.4 is 10.2 Å². The first kappa shape index (κ1) is 21.9. The molecular formula is C27H26N2O2S. The summed E-state index contributed by atoms with van der Waals surface area (Å²) in [6.07, 6.45) is 0. The van der Waals surface area contributed by atoms with Crippen molar-refractivity contribution < 1.29 is 9.59 Å². The number of imide groups is 1. The van der Waals surface area contributed by atoms with Crippen molar-refractivity contribution in [2.75, 3.05) is 10.2 Å². The Labute approximate surface area is 193 Å². The molecule has 0 aromatic heterocycles. The van der Waals surface area contributed by atoms with E-state index in [0.29, 0.717) is 16.3 Å². The van der Waals surface area contributed by atoms with Crippen molar-refractivity contribution >= 4 is 35.0 Å². The number of carbonyl (C=O) groups excluding carboxylic acids is 2. The van der Waals surface area contributed by atoms with E-state index in [-0.39, 0.29) is 11.8 Å². The molecule has 1 N–H and O–H groups in total. The van der Waals surface area contributed by atoms with Gasteiger partial charge in [-0.05, 0) is 81.6 Å². The minimum absolute atomic E-state index is 0.308. The van der Waals surface area contributed by atoms with Crippen molar-refractivity contribution in [3.05, 3.63) is 99.1 Å². The van der Waals surface area contributed by atoms with E-state index >= 15 is 0 Å². The molecular weight excluding hydrogens is 416 g/mol. The van der Waals surface area contributed by atoms with Crippen LogP contribution in [-0.2, 0) is 9.59 Å². The lowest BCUT2D eigenvalue weighted by molar-refractivity contribution is -0.120. The van der Waals surface area contributed by atoms with Gasteiger partial charge in [-0.25, -0.2) is 4.90 Å². The maximum absolute atomic E-state index is 13.5. The van der Waals surface area contributed by atoms with Gasteiger partial charge in [0.2, 0.25) is 0 Å². The normalized spacial score (nSPS) is 13.8. The Bertz CT molecular complexity index is 1240. The van der Waals surface area contributed by atoms with Crippen molar-refractivity contribution in [1.29, 1.82) is 0 Å². The van der Waals surface area contributed by atoms with Gasteiger partial charge in [-0.2, -0.15) is 0 Å². The number of carbonyl (C=O) groups is 2. The molecule has 0 fully saturated rings. The van der Waals surface area contributed by atoms with Crippen molar-refractivity contribution in [3.63, 3.8) is 0 Å². The fraction of sp³-hybridized carbons (Fsp3) is 0.185. The third kappa shape index (κ3) is 4.34. The highest BCUT2D eigenvalue weighted by Gasteiger charge is 2.40. The molecule has 0 bridgehead atoms. The van der Waals surface area contributed by atoms with Crippen LogP contribution in [0.15, 0.2) is 76.2 Å². The number of nitrogens with one attached hydrogen (secondary N) is 1. The van der Waals surface area contributed by atoms with Crippen LogP contribution in [0, 0.1) is 34.6 Å². The zero-order valence-electron chi connectivity index (χ0n) is 18.9. The van der Waals surface area contributed by atoms with Crippen LogP contribution in [-0.4, -0.2) is 11.8 Å². The maximum atomic E-state index is 13.5. The molecule has 0 atom stereocenters. The van der Waals surface area contributed by atoms with Crippen LogP contribution in [0.1, 0.15) is 27.8 Å². The Morgan fingerprint density at radius 3 is 1.94 bits per heavy atom. The molecule has 0 saturated carbocycles. The maximum Gasteiger partial charge on any atom is 0.283 e. The van der Waals surface area contributed by atoms with Crippen LogP contribution in [0.5, 0.6) is 0 Å². The van der Waals surface area contributed by atoms with Crippen molar-refractivity contribution in [3.8, 4) is 0 Å². The summed E-state index contributed by atoms with van der Waals surface area (Å²) in [6.45, 7) is 9.97. The molecule has 0 saturated heterocycles. The van der Waals surface area contributed by atoms with E-state index < -0.39 is 0 Å². The first-order valence-electron chi connectivity index (χ1n) is 10.5. The number of anilines is 2. The Kier molecular flexibility index (Phi) is 5.94. The summed E-state index contributed by atoms with van der Waals surface area (Å²) in [6, 6.07) is 19.7. The van der Waals surface area contributed by atoms with E-state index in [1.165, 1.54) is 16.7 Å². The highest BCUT2D eigenvalue weighted by Crippen LogP contribution is 2.38. The van der Waals surface area contributed by atoms with E-state index in [2.05, 4.69) is 11.4 Å². The summed E-state index contributed by atoms with van der Waals surface area (Å²) in [5.41, 5.74) is 7.03. The number of amides is 2. The number of thioether (sulfide) groups is 1. The fourth-order valence-electron chi connectivity index (χ4n) is 3.84. The monoisotopic (exact) mass is 442 g/mol. The zero-order valence-corrected chi connectivity index (χ0v) is 19.8. The minimum Gasteiger partial charge on any atom is -0.350 e. The largest absolute Gasteiger partial charge is 0.350 e. The van der Waals surface area contributed by atoms with Crippen LogP contribution in [0.25, 0.3) is 0 Å². The van der Waals surface area contributed by atoms with Crippen molar-refractivity contribution in [2.24, 2.45) is 0 Å². The quantitative estimate of drug-likeness (QED) is 0.477. The second kappa shape index (κ2) is 8.67. The molecule has 0 radical (unpaired) electrons. The topological polar surface area (TPSA) is 49.4 Å². The van der Waals surface area contributed by atoms with E-state index in [1.807, 2.05) is 89.2 Å². The van der Waals surface area contributed by atoms with Gasteiger partial charge in [-0.3, -0.25) is 9.59 Å². The number of hydrogen-bond donors (Lipinski definition) is 1. The van der Waals surface area contributed by atoms with Gasteiger partial charge in [-0.15, -0.1) is 0 Å². The SMILES string of the molecule is Cc1ccc(SC2=C(Nc3ccc(C)cc3C)C(=O)N(c3cc(C)cc(C)c3)C2=O)cc1. The summed E-state index contributed by atoms with van der Waals surface area (Å²) in [7, 11) is 0. The molecule has 5 heteroatoms. The summed E-state index contributed by atoms with van der Waals surface area (Å²) in [5.74, 6) is -0.646. The number of rotatable bonds is 5. The van der Waals surface area contributed by atoms with Crippen LogP contribution in [0.4, 0.5) is 11.4 Å². The van der Waals surface area contributed by atoms with Gasteiger partial charge in [0.25, 0.3) is 11.8 Å². The smallest absolute Gasteiger partial charge is 0.283 e. The third-order valence-corrected chi connectivity index (χ3v) is 6.48. The highest BCUT2D eigenvalue weighted by atomic mass is 32.2. The number of aryl methyl sites for hydroxylation is 5. The Morgan fingerprint density at radius 1 is 0.688 bits per heavy atom. The summed E-state index contributed by atoms with van der Waals surface area (Å²) in [4.78, 5) is 29.7. The molecule has 0 spiro atoms. The van der Waals surface area contributed by atoms with Gasteiger partial charge in [0.05, 0.1) is 5.69 Å². The van der Waals surface area contributed by atoms with Crippen LogP contribution in [0.2, 0.25) is 0 Å². The minimum atomic E-state index is -0.338. The average molecular weight is 443 g/mol. The summed E-state index contributed by atoms with van der Waals surface area (Å²) < 4.78 is 0. The Balaban J connectivity index is 1.78. The molecule has 1 aliphatic heterocycles. The molecule has 1 aliphatic rings. The molecule has 4 nitrogen and oxygen atoms in total. The number of hydrogen-bond acceptors (Lipinski definition) is 4. The van der Waals surface area contributed by atoms with Gasteiger partial charge in [0.15, 0.2) is 0 Å². The lowest BCUT2D eigenvalue weighted by Crippen LogP contribution is -2.32. The van der Waals surface area contributed by atoms with Gasteiger partial charge in [-0.1, -0.05) is 53.2 Å². The van der Waals surface area contributed by atoms with E-state index in [9.17, 15) is 9.59 Å². The summed E-state index contributed by atoms with van der Waals surface area (Å²) >= 11 is 1.32. The highest BCUT2D eigenvalue weighted by molar-refractivity contribution is 8.04. The molecule has 3 aromatic carbocycles. The van der Waals surface area contributed by atoms with Gasteiger partial charge in [0.1, 0.15) is 10.6 Å². The molecule has 0 aliphatic carbocycles. The van der Waals surface area contributed by atoms with Crippen LogP contribution in [0.3, 0.4) is 0 Å². The second-order valence-electron chi connectivity index (χ2n) is 8.35. The lowest BCUT2D eigenvalue weighted by Gasteiger charge is -2.17. The second-order valence-corrected chi connectivity index (χ2v) is 9.44. The molecule has 1 heterocycles. The summed E-state index contributed by atoms with van der Waals surface area (Å²) in [5, 5.41) is 3.27. The predicted molar refractivity (Wildman–Crippen MR) is 132 cm³/mol.